The zero-order valence-electron chi connectivity index (χ0n) is 11.5. The third kappa shape index (κ3) is 2.89. The molecule has 1 unspecified atom stereocenters. The number of aliphatic hydroxyl groups is 1. The molecule has 0 aliphatic heterocycles. The maximum atomic E-state index is 9.18. The van der Waals surface area contributed by atoms with Gasteiger partial charge in [-0.15, -0.1) is 0 Å². The first-order valence-electron chi connectivity index (χ1n) is 6.39. The summed E-state index contributed by atoms with van der Waals surface area (Å²) in [5, 5.41) is 11.0. The number of halogens is 1. The van der Waals surface area contributed by atoms with E-state index in [1.54, 1.807) is 0 Å². The molecule has 0 saturated heterocycles. The summed E-state index contributed by atoms with van der Waals surface area (Å²) in [6.07, 6.45) is 0. The number of aryl methyl sites for hydroxylation is 1. The van der Waals surface area contributed by atoms with E-state index in [2.05, 4.69) is 4.98 Å². The number of nitrogens with zero attached hydrogens (tertiary/aromatic N) is 2. The number of aliphatic hydroxyl groups excluding tert-OH is 1. The van der Waals surface area contributed by atoms with Gasteiger partial charge in [-0.1, -0.05) is 29.8 Å². The van der Waals surface area contributed by atoms with E-state index in [-0.39, 0.29) is 12.6 Å². The lowest BCUT2D eigenvalue weighted by molar-refractivity contribution is 0.153. The highest BCUT2D eigenvalue weighted by Gasteiger charge is 2.14. The number of pyridine rings is 1. The molecule has 0 amide bonds. The molecule has 0 aliphatic carbocycles. The summed E-state index contributed by atoms with van der Waals surface area (Å²) in [7, 11) is 1.96. The van der Waals surface area contributed by atoms with Gasteiger partial charge in [-0.2, -0.15) is 0 Å². The Kier molecular flexibility index (Phi) is 4.40. The minimum atomic E-state index is 0.0876. The molecule has 0 saturated carbocycles. The summed E-state index contributed by atoms with van der Waals surface area (Å²) in [5.74, 6) is 0. The minimum Gasteiger partial charge on any atom is -0.395 e. The van der Waals surface area contributed by atoms with Crippen molar-refractivity contribution in [3.05, 3.63) is 40.5 Å². The summed E-state index contributed by atoms with van der Waals surface area (Å²) in [6, 6.07) is 8.09. The fourth-order valence-electron chi connectivity index (χ4n) is 2.05. The van der Waals surface area contributed by atoms with Crippen LogP contribution < -0.4 is 0 Å². The van der Waals surface area contributed by atoms with Crippen molar-refractivity contribution in [2.75, 3.05) is 13.7 Å². The zero-order valence-corrected chi connectivity index (χ0v) is 12.3. The van der Waals surface area contributed by atoms with E-state index in [1.807, 2.05) is 50.1 Å². The second-order valence-electron chi connectivity index (χ2n) is 4.96. The Morgan fingerprint density at radius 3 is 2.74 bits per heavy atom. The van der Waals surface area contributed by atoms with Crippen molar-refractivity contribution >= 4 is 22.5 Å². The summed E-state index contributed by atoms with van der Waals surface area (Å²) < 4.78 is 0. The average Bonchev–Trinajstić information content (AvgIpc) is 2.43. The largest absolute Gasteiger partial charge is 0.395 e. The van der Waals surface area contributed by atoms with Crippen LogP contribution in [0.15, 0.2) is 24.3 Å². The molecule has 2 aromatic rings. The number of fused-ring (bicyclic) bond motifs is 1. The molecule has 0 bridgehead atoms. The van der Waals surface area contributed by atoms with Crippen LogP contribution in [0.4, 0.5) is 0 Å². The zero-order chi connectivity index (χ0) is 14.0. The van der Waals surface area contributed by atoms with Gasteiger partial charge in [-0.05, 0) is 32.5 Å². The van der Waals surface area contributed by atoms with E-state index >= 15 is 0 Å². The van der Waals surface area contributed by atoms with Crippen LogP contribution in [-0.2, 0) is 6.54 Å². The highest BCUT2D eigenvalue weighted by atomic mass is 35.5. The third-order valence-corrected chi connectivity index (χ3v) is 4.06. The first-order valence-corrected chi connectivity index (χ1v) is 6.77. The predicted octanol–water partition coefficient (Wildman–Crippen LogP) is 3.01. The minimum absolute atomic E-state index is 0.0876. The number of hydrogen-bond donors (Lipinski definition) is 1. The highest BCUT2D eigenvalue weighted by Crippen LogP contribution is 2.27. The second kappa shape index (κ2) is 5.87. The molecule has 1 aromatic heterocycles. The van der Waals surface area contributed by atoms with Crippen LogP contribution in [0, 0.1) is 6.92 Å². The molecule has 102 valence electrons. The normalized spacial score (nSPS) is 13.2. The summed E-state index contributed by atoms with van der Waals surface area (Å²) >= 11 is 6.41. The Balaban J connectivity index is 2.41. The first-order chi connectivity index (χ1) is 9.04. The second-order valence-corrected chi connectivity index (χ2v) is 5.34. The molecular formula is C15H19ClN2O. The van der Waals surface area contributed by atoms with Gasteiger partial charge in [-0.3, -0.25) is 4.90 Å². The van der Waals surface area contributed by atoms with E-state index in [1.165, 1.54) is 0 Å². The number of aromatic nitrogens is 1. The monoisotopic (exact) mass is 278 g/mol. The van der Waals surface area contributed by atoms with E-state index < -0.39 is 0 Å². The Morgan fingerprint density at radius 2 is 2.05 bits per heavy atom. The molecule has 1 N–H and O–H groups in total. The van der Waals surface area contributed by atoms with Gasteiger partial charge in [0.05, 0.1) is 22.8 Å². The Morgan fingerprint density at radius 1 is 1.37 bits per heavy atom. The number of para-hydroxylation sites is 1. The first kappa shape index (κ1) is 14.3. The molecule has 4 heteroatoms. The molecule has 3 nitrogen and oxygen atoms in total. The van der Waals surface area contributed by atoms with Crippen LogP contribution in [0.25, 0.3) is 10.9 Å². The van der Waals surface area contributed by atoms with Crippen molar-refractivity contribution in [1.29, 1.82) is 0 Å². The smallest absolute Gasteiger partial charge is 0.0740 e. The van der Waals surface area contributed by atoms with Gasteiger partial charge in [-0.25, -0.2) is 4.98 Å². The summed E-state index contributed by atoms with van der Waals surface area (Å²) in [4.78, 5) is 6.68. The molecular weight excluding hydrogens is 260 g/mol. The lowest BCUT2D eigenvalue weighted by atomic mass is 10.1. The lowest BCUT2D eigenvalue weighted by Crippen LogP contribution is -2.31. The van der Waals surface area contributed by atoms with Gasteiger partial charge < -0.3 is 5.11 Å². The van der Waals surface area contributed by atoms with Gasteiger partial charge in [0, 0.05) is 18.0 Å². The van der Waals surface area contributed by atoms with Crippen molar-refractivity contribution in [2.24, 2.45) is 0 Å². The SMILES string of the molecule is Cc1c(Cl)c(CN(C)C(C)CO)nc2ccccc12. The number of rotatable bonds is 4. The maximum Gasteiger partial charge on any atom is 0.0740 e. The van der Waals surface area contributed by atoms with Crippen LogP contribution in [0.1, 0.15) is 18.2 Å². The van der Waals surface area contributed by atoms with Crippen LogP contribution in [0.2, 0.25) is 5.02 Å². The molecule has 0 radical (unpaired) electrons. The van der Waals surface area contributed by atoms with Crippen molar-refractivity contribution in [3.8, 4) is 0 Å². The standard InChI is InChI=1S/C15H19ClN2O/c1-10(9-19)18(3)8-14-15(16)11(2)12-6-4-5-7-13(12)17-14/h4-7,10,19H,8-9H2,1-3H3. The number of likely N-dealkylation sites (N-methyl/N-ethyl adjacent to an activating group) is 1. The van der Waals surface area contributed by atoms with Crippen molar-refractivity contribution < 1.29 is 5.11 Å². The quantitative estimate of drug-likeness (QED) is 0.934. The molecule has 1 aromatic carbocycles. The Bertz CT molecular complexity index is 586. The van der Waals surface area contributed by atoms with Crippen LogP contribution >= 0.6 is 11.6 Å². The van der Waals surface area contributed by atoms with E-state index in [4.69, 9.17) is 11.6 Å². The Labute approximate surface area is 118 Å². The molecule has 1 atom stereocenters. The molecule has 2 rings (SSSR count). The Hall–Kier alpha value is -1.16. The summed E-state index contributed by atoms with van der Waals surface area (Å²) in [5.41, 5.74) is 2.89. The van der Waals surface area contributed by atoms with Gasteiger partial charge in [0.1, 0.15) is 0 Å². The van der Waals surface area contributed by atoms with Crippen molar-refractivity contribution in [3.63, 3.8) is 0 Å². The van der Waals surface area contributed by atoms with Gasteiger partial charge >= 0.3 is 0 Å². The van der Waals surface area contributed by atoms with Crippen LogP contribution in [0.3, 0.4) is 0 Å². The van der Waals surface area contributed by atoms with Gasteiger partial charge in [0.25, 0.3) is 0 Å². The maximum absolute atomic E-state index is 9.18. The number of hydrogen-bond acceptors (Lipinski definition) is 3. The van der Waals surface area contributed by atoms with Gasteiger partial charge in [0.2, 0.25) is 0 Å². The van der Waals surface area contributed by atoms with E-state index in [9.17, 15) is 5.11 Å². The highest BCUT2D eigenvalue weighted by molar-refractivity contribution is 6.32. The molecule has 19 heavy (non-hydrogen) atoms. The topological polar surface area (TPSA) is 36.4 Å². The molecule has 0 aliphatic rings. The fraction of sp³-hybridized carbons (Fsp3) is 0.400. The third-order valence-electron chi connectivity index (χ3n) is 3.56. The fourth-order valence-corrected chi connectivity index (χ4v) is 2.26. The van der Waals surface area contributed by atoms with Gasteiger partial charge in [0.15, 0.2) is 0 Å². The molecule has 0 fully saturated rings. The van der Waals surface area contributed by atoms with Crippen molar-refractivity contribution in [2.45, 2.75) is 26.4 Å². The molecule has 0 spiro atoms. The average molecular weight is 279 g/mol. The lowest BCUT2D eigenvalue weighted by Gasteiger charge is -2.23. The number of benzene rings is 1. The molecule has 1 heterocycles. The van der Waals surface area contributed by atoms with E-state index in [0.29, 0.717) is 6.54 Å². The summed E-state index contributed by atoms with van der Waals surface area (Å²) in [6.45, 7) is 4.75. The van der Waals surface area contributed by atoms with Crippen LogP contribution in [0.5, 0.6) is 0 Å². The van der Waals surface area contributed by atoms with Crippen molar-refractivity contribution in [1.82, 2.24) is 9.88 Å². The van der Waals surface area contributed by atoms with Crippen LogP contribution in [-0.4, -0.2) is 34.7 Å². The van der Waals surface area contributed by atoms with E-state index in [0.717, 1.165) is 27.2 Å². The predicted molar refractivity (Wildman–Crippen MR) is 79.5 cm³/mol.